The predicted molar refractivity (Wildman–Crippen MR) is 106 cm³/mol. The predicted octanol–water partition coefficient (Wildman–Crippen LogP) is 2.49. The van der Waals surface area contributed by atoms with E-state index in [0.29, 0.717) is 22.8 Å². The van der Waals surface area contributed by atoms with Crippen molar-refractivity contribution in [3.05, 3.63) is 82.6 Å². The van der Waals surface area contributed by atoms with Crippen molar-refractivity contribution in [1.82, 2.24) is 20.2 Å². The average molecular weight is 405 g/mol. The first-order chi connectivity index (χ1) is 14.6. The molecule has 1 aliphatic rings. The van der Waals surface area contributed by atoms with Crippen LogP contribution in [0, 0.1) is 0 Å². The van der Waals surface area contributed by atoms with Gasteiger partial charge in [-0.15, -0.1) is 0 Å². The van der Waals surface area contributed by atoms with E-state index in [1.54, 1.807) is 31.2 Å². The fourth-order valence-corrected chi connectivity index (χ4v) is 3.31. The molecule has 0 fully saturated rings. The van der Waals surface area contributed by atoms with Crippen molar-refractivity contribution >= 4 is 17.9 Å². The topological polar surface area (TPSA) is 108 Å². The normalized spacial score (nSPS) is 15.2. The van der Waals surface area contributed by atoms with E-state index in [-0.39, 0.29) is 6.61 Å². The molecule has 0 amide bonds. The Morgan fingerprint density at radius 2 is 1.80 bits per heavy atom. The zero-order valence-corrected chi connectivity index (χ0v) is 16.4. The molecule has 1 atom stereocenters. The first kappa shape index (κ1) is 19.3. The molecule has 0 aliphatic carbocycles. The summed E-state index contributed by atoms with van der Waals surface area (Å²) in [6.07, 6.45) is 0. The van der Waals surface area contributed by atoms with Crippen LogP contribution >= 0.6 is 0 Å². The lowest BCUT2D eigenvalue weighted by Crippen LogP contribution is -2.29. The summed E-state index contributed by atoms with van der Waals surface area (Å²) in [6.45, 7) is 1.92. The highest BCUT2D eigenvalue weighted by Gasteiger charge is 2.35. The van der Waals surface area contributed by atoms with Gasteiger partial charge in [-0.1, -0.05) is 47.6 Å². The lowest BCUT2D eigenvalue weighted by atomic mass is 9.95. The number of benzene rings is 2. The summed E-state index contributed by atoms with van der Waals surface area (Å²) >= 11 is 0. The fourth-order valence-electron chi connectivity index (χ4n) is 3.31. The van der Waals surface area contributed by atoms with Crippen LogP contribution in [0.3, 0.4) is 0 Å². The Bertz CT molecular complexity index is 1110. The molecule has 4 rings (SSSR count). The number of hydrogen-bond acceptors (Lipinski definition) is 8. The average Bonchev–Trinajstić information content (AvgIpc) is 3.24. The number of methoxy groups -OCH3 is 1. The van der Waals surface area contributed by atoms with E-state index >= 15 is 0 Å². The zero-order chi connectivity index (χ0) is 21.1. The fraction of sp³-hybridized carbons (Fsp3) is 0.190. The smallest absolute Gasteiger partial charge is 0.338 e. The summed E-state index contributed by atoms with van der Waals surface area (Å²) in [7, 11) is 1.32. The quantitative estimate of drug-likeness (QED) is 0.645. The van der Waals surface area contributed by atoms with Crippen LogP contribution in [0.2, 0.25) is 0 Å². The van der Waals surface area contributed by atoms with Crippen LogP contribution in [0.4, 0.5) is 5.95 Å². The Hall–Kier alpha value is -4.01. The second-order valence-electron chi connectivity index (χ2n) is 6.69. The van der Waals surface area contributed by atoms with Gasteiger partial charge < -0.3 is 14.8 Å². The van der Waals surface area contributed by atoms with E-state index < -0.39 is 18.0 Å². The minimum atomic E-state index is -0.605. The lowest BCUT2D eigenvalue weighted by molar-refractivity contribution is -0.140. The number of fused-ring (bicyclic) bond motifs is 1. The van der Waals surface area contributed by atoms with Crippen molar-refractivity contribution in [3.8, 4) is 0 Å². The second kappa shape index (κ2) is 8.16. The minimum absolute atomic E-state index is 0.146. The number of nitrogens with zero attached hydrogens (tertiary/aromatic N) is 4. The molecule has 1 aromatic heterocycles. The molecule has 30 heavy (non-hydrogen) atoms. The standard InChI is InChI=1S/C21H19N5O4/c1-13-17(20(28)30-12-14-6-4-3-5-7-14)18(26-21(22-13)23-24-25-26)15-8-10-16(11-9-15)19(27)29-2/h3-11,18H,12H2,1-2H3,(H,22,23,25)/t18-/m0/s1. The van der Waals surface area contributed by atoms with Crippen molar-refractivity contribution in [2.24, 2.45) is 0 Å². The number of tetrazole rings is 1. The number of esters is 2. The van der Waals surface area contributed by atoms with Crippen LogP contribution < -0.4 is 5.32 Å². The molecular weight excluding hydrogens is 386 g/mol. The van der Waals surface area contributed by atoms with Crippen molar-refractivity contribution in [1.29, 1.82) is 0 Å². The maximum Gasteiger partial charge on any atom is 0.338 e. The van der Waals surface area contributed by atoms with Gasteiger partial charge in [0.2, 0.25) is 5.95 Å². The molecule has 152 valence electrons. The maximum absolute atomic E-state index is 13.0. The van der Waals surface area contributed by atoms with Crippen LogP contribution in [-0.4, -0.2) is 39.3 Å². The summed E-state index contributed by atoms with van der Waals surface area (Å²) in [5.74, 6) is -0.509. The molecule has 0 radical (unpaired) electrons. The summed E-state index contributed by atoms with van der Waals surface area (Å²) in [5.41, 5.74) is 2.99. The first-order valence-corrected chi connectivity index (χ1v) is 9.23. The van der Waals surface area contributed by atoms with E-state index in [0.717, 1.165) is 11.1 Å². The Morgan fingerprint density at radius 1 is 1.07 bits per heavy atom. The number of nitrogens with one attached hydrogen (secondary N) is 1. The van der Waals surface area contributed by atoms with Gasteiger partial charge in [0, 0.05) is 5.70 Å². The monoisotopic (exact) mass is 405 g/mol. The van der Waals surface area contributed by atoms with Crippen molar-refractivity contribution in [3.63, 3.8) is 0 Å². The number of ether oxygens (including phenoxy) is 2. The molecule has 0 saturated carbocycles. The van der Waals surface area contributed by atoms with E-state index in [4.69, 9.17) is 9.47 Å². The summed E-state index contributed by atoms with van der Waals surface area (Å²) in [6, 6.07) is 15.6. The van der Waals surface area contributed by atoms with E-state index in [2.05, 4.69) is 20.8 Å². The van der Waals surface area contributed by atoms with Crippen LogP contribution in [0.15, 0.2) is 65.9 Å². The molecule has 0 saturated heterocycles. The lowest BCUT2D eigenvalue weighted by Gasteiger charge is -2.27. The zero-order valence-electron chi connectivity index (χ0n) is 16.4. The van der Waals surface area contributed by atoms with Gasteiger partial charge in [0.1, 0.15) is 12.6 Å². The number of carbonyl (C=O) groups excluding carboxylic acids is 2. The second-order valence-corrected chi connectivity index (χ2v) is 6.69. The van der Waals surface area contributed by atoms with Crippen LogP contribution in [0.5, 0.6) is 0 Å². The number of carbonyl (C=O) groups is 2. The SMILES string of the molecule is COC(=O)c1ccc([C@H]2C(C(=O)OCc3ccccc3)=C(C)Nc3nnnn32)cc1. The molecule has 1 aliphatic heterocycles. The minimum Gasteiger partial charge on any atom is -0.465 e. The number of anilines is 1. The highest BCUT2D eigenvalue weighted by Crippen LogP contribution is 2.35. The Morgan fingerprint density at radius 3 is 2.50 bits per heavy atom. The van der Waals surface area contributed by atoms with E-state index in [9.17, 15) is 9.59 Å². The summed E-state index contributed by atoms with van der Waals surface area (Å²) < 4.78 is 11.8. The molecule has 9 nitrogen and oxygen atoms in total. The Balaban J connectivity index is 1.66. The van der Waals surface area contributed by atoms with Crippen LogP contribution in [0.1, 0.15) is 34.5 Å². The van der Waals surface area contributed by atoms with Gasteiger partial charge in [-0.05, 0) is 40.6 Å². The Kier molecular flexibility index (Phi) is 5.25. The van der Waals surface area contributed by atoms with Crippen molar-refractivity contribution in [2.75, 3.05) is 12.4 Å². The van der Waals surface area contributed by atoms with E-state index in [1.807, 2.05) is 30.3 Å². The van der Waals surface area contributed by atoms with Gasteiger partial charge in [0.15, 0.2) is 0 Å². The summed E-state index contributed by atoms with van der Waals surface area (Å²) in [4.78, 5) is 24.8. The molecule has 2 heterocycles. The molecule has 0 bridgehead atoms. The van der Waals surface area contributed by atoms with Gasteiger partial charge in [0.05, 0.1) is 18.2 Å². The van der Waals surface area contributed by atoms with Crippen LogP contribution in [0.25, 0.3) is 0 Å². The maximum atomic E-state index is 13.0. The number of allylic oxidation sites excluding steroid dienone is 1. The number of hydrogen-bond donors (Lipinski definition) is 1. The Labute approximate surface area is 172 Å². The highest BCUT2D eigenvalue weighted by atomic mass is 16.5. The first-order valence-electron chi connectivity index (χ1n) is 9.23. The number of aromatic nitrogens is 4. The van der Waals surface area contributed by atoms with Gasteiger partial charge in [-0.3, -0.25) is 0 Å². The summed E-state index contributed by atoms with van der Waals surface area (Å²) in [5, 5.41) is 14.7. The van der Waals surface area contributed by atoms with Gasteiger partial charge in [-0.2, -0.15) is 4.68 Å². The van der Waals surface area contributed by atoms with Gasteiger partial charge >= 0.3 is 11.9 Å². The molecule has 0 spiro atoms. The third kappa shape index (κ3) is 3.64. The molecule has 0 unspecified atom stereocenters. The largest absolute Gasteiger partial charge is 0.465 e. The molecule has 9 heteroatoms. The molecule has 1 N–H and O–H groups in total. The van der Waals surface area contributed by atoms with Crippen LogP contribution in [-0.2, 0) is 20.9 Å². The van der Waals surface area contributed by atoms with Gasteiger partial charge in [-0.25, -0.2) is 9.59 Å². The van der Waals surface area contributed by atoms with Crippen molar-refractivity contribution in [2.45, 2.75) is 19.6 Å². The van der Waals surface area contributed by atoms with Gasteiger partial charge in [0.25, 0.3) is 0 Å². The molecule has 2 aromatic carbocycles. The third-order valence-electron chi connectivity index (χ3n) is 4.79. The molecular formula is C21H19N5O4. The van der Waals surface area contributed by atoms with Crippen molar-refractivity contribution < 1.29 is 19.1 Å². The number of rotatable bonds is 5. The third-order valence-corrected chi connectivity index (χ3v) is 4.79. The highest BCUT2D eigenvalue weighted by molar-refractivity contribution is 5.93. The van der Waals surface area contributed by atoms with E-state index in [1.165, 1.54) is 11.8 Å². The molecule has 3 aromatic rings.